The molecule has 1 saturated heterocycles. The van der Waals surface area contributed by atoms with E-state index in [1.807, 2.05) is 24.1 Å². The zero-order valence-electron chi connectivity index (χ0n) is 11.7. The van der Waals surface area contributed by atoms with Gasteiger partial charge in [0.25, 0.3) is 0 Å². The van der Waals surface area contributed by atoms with Crippen molar-refractivity contribution in [3.8, 4) is 0 Å². The number of benzene rings is 1. The Morgan fingerprint density at radius 3 is 2.63 bits per heavy atom. The van der Waals surface area contributed by atoms with Gasteiger partial charge in [-0.2, -0.15) is 0 Å². The summed E-state index contributed by atoms with van der Waals surface area (Å²) in [6, 6.07) is 5.27. The summed E-state index contributed by atoms with van der Waals surface area (Å²) in [6.45, 7) is 3.21. The van der Waals surface area contributed by atoms with E-state index in [1.165, 1.54) is 18.9 Å². The third-order valence-corrected chi connectivity index (χ3v) is 4.26. The van der Waals surface area contributed by atoms with Crippen LogP contribution in [0.25, 0.3) is 0 Å². The lowest BCUT2D eigenvalue weighted by molar-refractivity contribution is 0.222. The van der Waals surface area contributed by atoms with Gasteiger partial charge in [0, 0.05) is 19.5 Å². The van der Waals surface area contributed by atoms with Crippen LogP contribution in [-0.4, -0.2) is 38.6 Å². The van der Waals surface area contributed by atoms with Gasteiger partial charge in [-0.05, 0) is 56.6 Å². The minimum Gasteiger partial charge on any atom is -0.372 e. The lowest BCUT2D eigenvalue weighted by Crippen LogP contribution is -2.35. The quantitative estimate of drug-likeness (QED) is 0.783. The molecule has 1 aromatic rings. The maximum Gasteiger partial charge on any atom is 0.146 e. The summed E-state index contributed by atoms with van der Waals surface area (Å²) in [5, 5.41) is 0. The number of nitrogens with zero attached hydrogens (tertiary/aromatic N) is 2. The summed E-state index contributed by atoms with van der Waals surface area (Å²) in [7, 11) is 4.13. The molecule has 0 bridgehead atoms. The zero-order valence-corrected chi connectivity index (χ0v) is 12.5. The van der Waals surface area contributed by atoms with Crippen molar-refractivity contribution in [3.05, 3.63) is 29.6 Å². The normalized spacial score (nSPS) is 17.7. The van der Waals surface area contributed by atoms with Gasteiger partial charge in [-0.1, -0.05) is 6.07 Å². The molecule has 106 valence electrons. The van der Waals surface area contributed by atoms with Crippen LogP contribution >= 0.6 is 11.6 Å². The van der Waals surface area contributed by atoms with Crippen LogP contribution in [0.4, 0.5) is 10.1 Å². The van der Waals surface area contributed by atoms with Gasteiger partial charge in [0.15, 0.2) is 0 Å². The number of anilines is 1. The number of hydrogen-bond acceptors (Lipinski definition) is 2. The molecule has 0 spiro atoms. The summed E-state index contributed by atoms with van der Waals surface area (Å²) in [5.41, 5.74) is 1.50. The molecule has 0 radical (unpaired) electrons. The number of hydrogen-bond donors (Lipinski definition) is 0. The largest absolute Gasteiger partial charge is 0.372 e. The van der Waals surface area contributed by atoms with E-state index >= 15 is 0 Å². The lowest BCUT2D eigenvalue weighted by Gasteiger charge is -2.32. The monoisotopic (exact) mass is 284 g/mol. The molecule has 1 aromatic carbocycles. The number of piperidine rings is 1. The van der Waals surface area contributed by atoms with E-state index in [4.69, 9.17) is 11.6 Å². The Balaban J connectivity index is 1.97. The molecule has 0 amide bonds. The van der Waals surface area contributed by atoms with E-state index in [0.717, 1.165) is 25.2 Å². The first-order valence-electron chi connectivity index (χ1n) is 6.84. The second-order valence-corrected chi connectivity index (χ2v) is 5.81. The highest BCUT2D eigenvalue weighted by Gasteiger charge is 2.19. The number of alkyl halides is 1. The fraction of sp³-hybridized carbons (Fsp3) is 0.600. The molecule has 0 saturated carbocycles. The van der Waals surface area contributed by atoms with Crippen molar-refractivity contribution in [1.82, 2.24) is 4.90 Å². The van der Waals surface area contributed by atoms with Crippen molar-refractivity contribution in [2.45, 2.75) is 18.7 Å². The Morgan fingerprint density at radius 2 is 2.05 bits per heavy atom. The minimum absolute atomic E-state index is 0.173. The minimum atomic E-state index is -0.173. The first-order valence-corrected chi connectivity index (χ1v) is 7.37. The van der Waals surface area contributed by atoms with Crippen LogP contribution in [0.3, 0.4) is 0 Å². The second kappa shape index (κ2) is 6.58. The lowest BCUT2D eigenvalue weighted by atomic mass is 9.96. The van der Waals surface area contributed by atoms with Crippen LogP contribution in [0.5, 0.6) is 0 Å². The smallest absolute Gasteiger partial charge is 0.146 e. The third kappa shape index (κ3) is 3.83. The van der Waals surface area contributed by atoms with Gasteiger partial charge in [0.1, 0.15) is 5.82 Å². The molecule has 1 aliphatic heterocycles. The van der Waals surface area contributed by atoms with Gasteiger partial charge in [-0.25, -0.2) is 4.39 Å². The van der Waals surface area contributed by atoms with Crippen molar-refractivity contribution < 1.29 is 4.39 Å². The summed E-state index contributed by atoms with van der Waals surface area (Å²) in [5.74, 6) is 0.845. The Kier molecular flexibility index (Phi) is 5.06. The molecule has 0 unspecified atom stereocenters. The van der Waals surface area contributed by atoms with E-state index in [-0.39, 0.29) is 5.82 Å². The molecule has 1 aliphatic rings. The van der Waals surface area contributed by atoms with Crippen LogP contribution in [0.2, 0.25) is 0 Å². The Bertz CT molecular complexity index is 417. The molecule has 19 heavy (non-hydrogen) atoms. The molecule has 4 heteroatoms. The van der Waals surface area contributed by atoms with Gasteiger partial charge in [0.05, 0.1) is 5.69 Å². The van der Waals surface area contributed by atoms with Crippen molar-refractivity contribution in [2.24, 2.45) is 5.92 Å². The van der Waals surface area contributed by atoms with E-state index < -0.39 is 0 Å². The average molecular weight is 285 g/mol. The van der Waals surface area contributed by atoms with Crippen LogP contribution in [0, 0.1) is 11.7 Å². The van der Waals surface area contributed by atoms with E-state index in [0.29, 0.717) is 17.5 Å². The molecule has 0 N–H and O–H groups in total. The van der Waals surface area contributed by atoms with E-state index in [9.17, 15) is 4.39 Å². The molecule has 0 atom stereocenters. The predicted molar refractivity (Wildman–Crippen MR) is 79.4 cm³/mol. The first-order chi connectivity index (χ1) is 9.10. The maximum absolute atomic E-state index is 14.0. The highest BCUT2D eigenvalue weighted by molar-refractivity contribution is 6.17. The summed E-state index contributed by atoms with van der Waals surface area (Å²) in [6.07, 6.45) is 2.39. The fourth-order valence-electron chi connectivity index (χ4n) is 2.67. The van der Waals surface area contributed by atoms with Crippen LogP contribution in [0.15, 0.2) is 18.2 Å². The maximum atomic E-state index is 14.0. The summed E-state index contributed by atoms with van der Waals surface area (Å²) < 4.78 is 14.0. The van der Waals surface area contributed by atoms with Crippen LogP contribution in [0.1, 0.15) is 18.4 Å². The molecule has 2 rings (SSSR count). The standard InChI is InChI=1S/C15H22ClFN2/c1-18-7-5-12(6-8-18)11-19(2)15-4-3-13(10-16)9-14(15)17/h3-4,9,12H,5-8,10-11H2,1-2H3. The molecular weight excluding hydrogens is 263 g/mol. The average Bonchev–Trinajstić information content (AvgIpc) is 2.41. The Hall–Kier alpha value is -0.800. The van der Waals surface area contributed by atoms with Gasteiger partial charge in [0.2, 0.25) is 0 Å². The highest BCUT2D eigenvalue weighted by atomic mass is 35.5. The van der Waals surface area contributed by atoms with Gasteiger partial charge >= 0.3 is 0 Å². The highest BCUT2D eigenvalue weighted by Crippen LogP contribution is 2.24. The molecule has 0 aromatic heterocycles. The van der Waals surface area contributed by atoms with Gasteiger partial charge < -0.3 is 9.80 Å². The molecule has 2 nitrogen and oxygen atoms in total. The fourth-order valence-corrected chi connectivity index (χ4v) is 2.84. The van der Waals surface area contributed by atoms with Crippen molar-refractivity contribution in [2.75, 3.05) is 38.6 Å². The second-order valence-electron chi connectivity index (χ2n) is 5.55. The van der Waals surface area contributed by atoms with Crippen LogP contribution < -0.4 is 4.90 Å². The Labute approximate surface area is 120 Å². The van der Waals surface area contributed by atoms with Crippen molar-refractivity contribution in [3.63, 3.8) is 0 Å². The Morgan fingerprint density at radius 1 is 1.37 bits per heavy atom. The summed E-state index contributed by atoms with van der Waals surface area (Å²) in [4.78, 5) is 4.38. The van der Waals surface area contributed by atoms with Gasteiger partial charge in [-0.15, -0.1) is 11.6 Å². The van der Waals surface area contributed by atoms with Crippen molar-refractivity contribution in [1.29, 1.82) is 0 Å². The number of halogens is 2. The van der Waals surface area contributed by atoms with Gasteiger partial charge in [-0.3, -0.25) is 0 Å². The zero-order chi connectivity index (χ0) is 13.8. The molecule has 0 aliphatic carbocycles. The number of likely N-dealkylation sites (tertiary alicyclic amines) is 1. The molecule has 1 fully saturated rings. The topological polar surface area (TPSA) is 6.48 Å². The molecule has 1 heterocycles. The first kappa shape index (κ1) is 14.6. The number of rotatable bonds is 4. The van der Waals surface area contributed by atoms with E-state index in [2.05, 4.69) is 11.9 Å². The predicted octanol–water partition coefficient (Wildman–Crippen LogP) is 3.34. The summed E-state index contributed by atoms with van der Waals surface area (Å²) >= 11 is 5.72. The van der Waals surface area contributed by atoms with Crippen LogP contribution in [-0.2, 0) is 5.88 Å². The molecular formula is C15H22ClFN2. The third-order valence-electron chi connectivity index (χ3n) is 3.95. The SMILES string of the molecule is CN1CCC(CN(C)c2ccc(CCl)cc2F)CC1. The van der Waals surface area contributed by atoms with Crippen molar-refractivity contribution >= 4 is 17.3 Å². The van der Waals surface area contributed by atoms with E-state index in [1.54, 1.807) is 0 Å².